The fourth-order valence-corrected chi connectivity index (χ4v) is 2.19. The fourth-order valence-electron chi connectivity index (χ4n) is 2.19. The van der Waals surface area contributed by atoms with Crippen molar-refractivity contribution in [2.45, 2.75) is 39.2 Å². The molecule has 0 aromatic heterocycles. The van der Waals surface area contributed by atoms with Crippen molar-refractivity contribution in [2.24, 2.45) is 0 Å². The predicted octanol–water partition coefficient (Wildman–Crippen LogP) is 2.55. The lowest BCUT2D eigenvalue weighted by atomic mass is 9.95. The summed E-state index contributed by atoms with van der Waals surface area (Å²) in [6.45, 7) is 5.93. The van der Waals surface area contributed by atoms with Crippen LogP contribution in [0.1, 0.15) is 44.0 Å². The molecule has 0 radical (unpaired) electrons. The van der Waals surface area contributed by atoms with Gasteiger partial charge in [-0.2, -0.15) is 0 Å². The molecule has 1 atom stereocenters. The third kappa shape index (κ3) is 4.21. The summed E-state index contributed by atoms with van der Waals surface area (Å²) in [7, 11) is 1.32. The first-order chi connectivity index (χ1) is 9.98. The molecule has 1 aromatic rings. The van der Waals surface area contributed by atoms with Gasteiger partial charge in [-0.25, -0.2) is 4.79 Å². The second-order valence-electron chi connectivity index (χ2n) is 4.96. The first-order valence-corrected chi connectivity index (χ1v) is 7.11. The molecule has 1 amide bonds. The Morgan fingerprint density at radius 1 is 1.24 bits per heavy atom. The number of hydrogen-bond acceptors (Lipinski definition) is 4. The number of carbonyl (C=O) groups excluding carboxylic acids is 2. The van der Waals surface area contributed by atoms with Crippen LogP contribution in [0.15, 0.2) is 24.3 Å². The third-order valence-electron chi connectivity index (χ3n) is 3.21. The SMILES string of the molecule is CCCC(C)(NC(=O)c1ccccc1OCC)C(=O)OC. The van der Waals surface area contributed by atoms with Gasteiger partial charge in [-0.05, 0) is 32.4 Å². The first kappa shape index (κ1) is 17.0. The van der Waals surface area contributed by atoms with Gasteiger partial charge in [-0.3, -0.25) is 4.79 Å². The number of rotatable bonds is 7. The number of methoxy groups -OCH3 is 1. The Hall–Kier alpha value is -2.04. The van der Waals surface area contributed by atoms with Crippen LogP contribution in [-0.2, 0) is 9.53 Å². The van der Waals surface area contributed by atoms with Gasteiger partial charge in [0.15, 0.2) is 0 Å². The molecule has 0 heterocycles. The van der Waals surface area contributed by atoms with Crippen LogP contribution < -0.4 is 10.1 Å². The summed E-state index contributed by atoms with van der Waals surface area (Å²) in [6.07, 6.45) is 1.25. The molecular weight excluding hydrogens is 270 g/mol. The minimum Gasteiger partial charge on any atom is -0.493 e. The molecule has 0 saturated carbocycles. The van der Waals surface area contributed by atoms with Crippen molar-refractivity contribution in [1.82, 2.24) is 5.32 Å². The highest BCUT2D eigenvalue weighted by Crippen LogP contribution is 2.21. The van der Waals surface area contributed by atoms with E-state index in [-0.39, 0.29) is 5.91 Å². The molecule has 1 N–H and O–H groups in total. The van der Waals surface area contributed by atoms with Gasteiger partial charge >= 0.3 is 5.97 Å². The predicted molar refractivity (Wildman–Crippen MR) is 80.4 cm³/mol. The minimum absolute atomic E-state index is 0.347. The molecule has 0 aliphatic carbocycles. The van der Waals surface area contributed by atoms with E-state index in [2.05, 4.69) is 5.32 Å². The number of nitrogens with one attached hydrogen (secondary N) is 1. The molecular formula is C16H23NO4. The second kappa shape index (κ2) is 7.67. The number of hydrogen-bond donors (Lipinski definition) is 1. The standard InChI is InChI=1S/C16H23NO4/c1-5-11-16(3,15(19)20-4)17-14(18)12-9-7-8-10-13(12)21-6-2/h7-10H,5-6,11H2,1-4H3,(H,17,18). The van der Waals surface area contributed by atoms with Gasteiger partial charge in [0.2, 0.25) is 0 Å². The topological polar surface area (TPSA) is 64.6 Å². The lowest BCUT2D eigenvalue weighted by Crippen LogP contribution is -2.52. The summed E-state index contributed by atoms with van der Waals surface area (Å²) in [6, 6.07) is 6.96. The summed E-state index contributed by atoms with van der Waals surface area (Å²) in [5.74, 6) is -0.298. The molecule has 5 nitrogen and oxygen atoms in total. The highest BCUT2D eigenvalue weighted by molar-refractivity contribution is 6.00. The third-order valence-corrected chi connectivity index (χ3v) is 3.21. The minimum atomic E-state index is -1.04. The summed E-state index contributed by atoms with van der Waals surface area (Å²) in [4.78, 5) is 24.4. The van der Waals surface area contributed by atoms with E-state index in [1.54, 1.807) is 31.2 Å². The van der Waals surface area contributed by atoms with Crippen LogP contribution in [0.5, 0.6) is 5.75 Å². The van der Waals surface area contributed by atoms with Gasteiger partial charge in [-0.1, -0.05) is 25.5 Å². The zero-order chi connectivity index (χ0) is 15.9. The molecule has 1 aromatic carbocycles. The molecule has 1 rings (SSSR count). The highest BCUT2D eigenvalue weighted by atomic mass is 16.5. The Morgan fingerprint density at radius 3 is 2.48 bits per heavy atom. The lowest BCUT2D eigenvalue weighted by Gasteiger charge is -2.27. The van der Waals surface area contributed by atoms with Crippen molar-refractivity contribution >= 4 is 11.9 Å². The number of benzene rings is 1. The lowest BCUT2D eigenvalue weighted by molar-refractivity contribution is -0.147. The quantitative estimate of drug-likeness (QED) is 0.785. The van der Waals surface area contributed by atoms with E-state index in [9.17, 15) is 9.59 Å². The van der Waals surface area contributed by atoms with Gasteiger partial charge in [0.25, 0.3) is 5.91 Å². The Kier molecular flexibility index (Phi) is 6.21. The zero-order valence-corrected chi connectivity index (χ0v) is 13.1. The van der Waals surface area contributed by atoms with Crippen molar-refractivity contribution < 1.29 is 19.1 Å². The van der Waals surface area contributed by atoms with Gasteiger partial charge in [0.1, 0.15) is 11.3 Å². The number of carbonyl (C=O) groups is 2. The maximum Gasteiger partial charge on any atom is 0.331 e. The fraction of sp³-hybridized carbons (Fsp3) is 0.500. The Bertz CT molecular complexity index is 501. The molecule has 0 fully saturated rings. The van der Waals surface area contributed by atoms with Gasteiger partial charge < -0.3 is 14.8 Å². The van der Waals surface area contributed by atoms with Crippen LogP contribution >= 0.6 is 0 Å². The maximum atomic E-state index is 12.5. The largest absolute Gasteiger partial charge is 0.493 e. The summed E-state index contributed by atoms with van der Waals surface area (Å²) in [5, 5.41) is 2.77. The van der Waals surface area contributed by atoms with Crippen molar-refractivity contribution in [3.8, 4) is 5.75 Å². The molecule has 0 saturated heterocycles. The normalized spacial score (nSPS) is 13.1. The van der Waals surface area contributed by atoms with E-state index >= 15 is 0 Å². The average molecular weight is 293 g/mol. The zero-order valence-electron chi connectivity index (χ0n) is 13.1. The van der Waals surface area contributed by atoms with E-state index < -0.39 is 11.5 Å². The Morgan fingerprint density at radius 2 is 1.90 bits per heavy atom. The highest BCUT2D eigenvalue weighted by Gasteiger charge is 2.35. The monoisotopic (exact) mass is 293 g/mol. The molecule has 21 heavy (non-hydrogen) atoms. The van der Waals surface area contributed by atoms with Crippen LogP contribution in [0.3, 0.4) is 0 Å². The summed E-state index contributed by atoms with van der Waals surface area (Å²) in [5.41, 5.74) is -0.634. The number of ether oxygens (including phenoxy) is 2. The second-order valence-corrected chi connectivity index (χ2v) is 4.96. The number of esters is 1. The van der Waals surface area contributed by atoms with Crippen molar-refractivity contribution in [3.63, 3.8) is 0 Å². The number of amides is 1. The molecule has 0 bridgehead atoms. The van der Waals surface area contributed by atoms with Gasteiger partial charge in [0, 0.05) is 0 Å². The van der Waals surface area contributed by atoms with Crippen molar-refractivity contribution in [1.29, 1.82) is 0 Å². The molecule has 0 spiro atoms. The van der Waals surface area contributed by atoms with Crippen LogP contribution in [0, 0.1) is 0 Å². The van der Waals surface area contributed by atoms with Crippen LogP contribution in [0.2, 0.25) is 0 Å². The van der Waals surface area contributed by atoms with E-state index in [0.717, 1.165) is 6.42 Å². The van der Waals surface area contributed by atoms with Crippen molar-refractivity contribution in [3.05, 3.63) is 29.8 Å². The average Bonchev–Trinajstić information content (AvgIpc) is 2.47. The van der Waals surface area contributed by atoms with Gasteiger partial charge in [-0.15, -0.1) is 0 Å². The van der Waals surface area contributed by atoms with Crippen LogP contribution in [-0.4, -0.2) is 31.1 Å². The van der Waals surface area contributed by atoms with Crippen LogP contribution in [0.25, 0.3) is 0 Å². The number of para-hydroxylation sites is 1. The van der Waals surface area contributed by atoms with E-state index in [1.807, 2.05) is 13.8 Å². The van der Waals surface area contributed by atoms with Crippen molar-refractivity contribution in [2.75, 3.05) is 13.7 Å². The Labute approximate surface area is 125 Å². The van der Waals surface area contributed by atoms with E-state index in [0.29, 0.717) is 24.3 Å². The maximum absolute atomic E-state index is 12.5. The summed E-state index contributed by atoms with van der Waals surface area (Å²) < 4.78 is 10.2. The molecule has 1 unspecified atom stereocenters. The molecule has 5 heteroatoms. The van der Waals surface area contributed by atoms with E-state index in [4.69, 9.17) is 9.47 Å². The summed E-state index contributed by atoms with van der Waals surface area (Å²) >= 11 is 0. The van der Waals surface area contributed by atoms with Crippen LogP contribution in [0.4, 0.5) is 0 Å². The first-order valence-electron chi connectivity index (χ1n) is 7.11. The molecule has 116 valence electrons. The van der Waals surface area contributed by atoms with E-state index in [1.165, 1.54) is 7.11 Å². The smallest absolute Gasteiger partial charge is 0.331 e. The molecule has 0 aliphatic heterocycles. The molecule has 0 aliphatic rings. The Balaban J connectivity index is 3.00. The van der Waals surface area contributed by atoms with Gasteiger partial charge in [0.05, 0.1) is 19.3 Å².